The van der Waals surface area contributed by atoms with E-state index in [1.54, 1.807) is 43.3 Å². The lowest BCUT2D eigenvalue weighted by Gasteiger charge is -2.15. The number of ether oxygens (including phenoxy) is 2. The molecule has 1 atom stereocenters. The molecular weight excluding hydrogens is 280 g/mol. The number of aryl methyl sites for hydroxylation is 1. The van der Waals surface area contributed by atoms with E-state index < -0.39 is 6.10 Å². The molecule has 0 aliphatic carbocycles. The van der Waals surface area contributed by atoms with Crippen LogP contribution < -0.4 is 9.47 Å². The molecular formula is C14H17ClN2O3. The predicted molar refractivity (Wildman–Crippen MR) is 76.5 cm³/mol. The van der Waals surface area contributed by atoms with Crippen LogP contribution in [0.25, 0.3) is 0 Å². The SMILES string of the molecule is CCn1ncc(OC)c1C(O)c1ccc(OC)c(Cl)c1. The van der Waals surface area contributed by atoms with E-state index in [0.29, 0.717) is 34.3 Å². The van der Waals surface area contributed by atoms with Gasteiger partial charge in [-0.15, -0.1) is 0 Å². The molecule has 1 aromatic heterocycles. The summed E-state index contributed by atoms with van der Waals surface area (Å²) in [6, 6.07) is 5.17. The molecule has 108 valence electrons. The fourth-order valence-electron chi connectivity index (χ4n) is 2.07. The van der Waals surface area contributed by atoms with E-state index in [9.17, 15) is 5.11 Å². The first-order chi connectivity index (χ1) is 9.62. The van der Waals surface area contributed by atoms with Crippen molar-refractivity contribution in [2.45, 2.75) is 19.6 Å². The van der Waals surface area contributed by atoms with Gasteiger partial charge in [0.2, 0.25) is 0 Å². The molecule has 0 saturated heterocycles. The molecule has 20 heavy (non-hydrogen) atoms. The highest BCUT2D eigenvalue weighted by atomic mass is 35.5. The van der Waals surface area contributed by atoms with Crippen LogP contribution in [0.5, 0.6) is 11.5 Å². The Kier molecular flexibility index (Phi) is 4.52. The molecule has 5 nitrogen and oxygen atoms in total. The summed E-state index contributed by atoms with van der Waals surface area (Å²) < 4.78 is 12.0. The van der Waals surface area contributed by atoms with Gasteiger partial charge in [0.1, 0.15) is 17.5 Å². The Morgan fingerprint density at radius 3 is 2.55 bits per heavy atom. The average Bonchev–Trinajstić information content (AvgIpc) is 2.89. The summed E-state index contributed by atoms with van der Waals surface area (Å²) in [5.41, 5.74) is 1.26. The Bertz CT molecular complexity index is 577. The molecule has 1 heterocycles. The highest BCUT2D eigenvalue weighted by Gasteiger charge is 2.21. The zero-order chi connectivity index (χ0) is 14.7. The average molecular weight is 297 g/mol. The molecule has 0 fully saturated rings. The monoisotopic (exact) mass is 296 g/mol. The number of hydrogen-bond acceptors (Lipinski definition) is 4. The van der Waals surface area contributed by atoms with Crippen molar-refractivity contribution in [1.82, 2.24) is 9.78 Å². The number of rotatable bonds is 5. The van der Waals surface area contributed by atoms with E-state index in [4.69, 9.17) is 21.1 Å². The van der Waals surface area contributed by atoms with Crippen LogP contribution in [0.15, 0.2) is 24.4 Å². The second kappa shape index (κ2) is 6.15. The number of benzene rings is 1. The van der Waals surface area contributed by atoms with E-state index in [1.165, 1.54) is 0 Å². The summed E-state index contributed by atoms with van der Waals surface area (Å²) in [6.07, 6.45) is 0.725. The number of nitrogens with zero attached hydrogens (tertiary/aromatic N) is 2. The lowest BCUT2D eigenvalue weighted by atomic mass is 10.1. The third-order valence-electron chi connectivity index (χ3n) is 3.11. The smallest absolute Gasteiger partial charge is 0.163 e. The molecule has 0 saturated carbocycles. The molecule has 2 aromatic rings. The van der Waals surface area contributed by atoms with Gasteiger partial charge in [0.05, 0.1) is 25.4 Å². The second-order valence-electron chi connectivity index (χ2n) is 4.21. The fourth-order valence-corrected chi connectivity index (χ4v) is 2.34. The van der Waals surface area contributed by atoms with Crippen LogP contribution in [0.4, 0.5) is 0 Å². The van der Waals surface area contributed by atoms with Crippen molar-refractivity contribution >= 4 is 11.6 Å². The van der Waals surface area contributed by atoms with Gasteiger partial charge in [0.25, 0.3) is 0 Å². The molecule has 1 N–H and O–H groups in total. The molecule has 1 aromatic carbocycles. The van der Waals surface area contributed by atoms with Crippen molar-refractivity contribution in [3.63, 3.8) is 0 Å². The Balaban J connectivity index is 2.43. The van der Waals surface area contributed by atoms with Crippen LogP contribution in [-0.4, -0.2) is 29.1 Å². The van der Waals surface area contributed by atoms with Gasteiger partial charge in [0, 0.05) is 6.54 Å². The van der Waals surface area contributed by atoms with Crippen molar-refractivity contribution in [2.24, 2.45) is 0 Å². The number of halogens is 1. The fraction of sp³-hybridized carbons (Fsp3) is 0.357. The van der Waals surface area contributed by atoms with Gasteiger partial charge in [-0.1, -0.05) is 17.7 Å². The van der Waals surface area contributed by atoms with Gasteiger partial charge < -0.3 is 14.6 Å². The van der Waals surface area contributed by atoms with Crippen molar-refractivity contribution in [2.75, 3.05) is 14.2 Å². The summed E-state index contributed by atoms with van der Waals surface area (Å²) in [5, 5.41) is 15.2. The highest BCUT2D eigenvalue weighted by Crippen LogP contribution is 2.33. The molecule has 2 rings (SSSR count). The molecule has 1 unspecified atom stereocenters. The van der Waals surface area contributed by atoms with Crippen LogP contribution in [0.3, 0.4) is 0 Å². The van der Waals surface area contributed by atoms with Crippen molar-refractivity contribution < 1.29 is 14.6 Å². The number of methoxy groups -OCH3 is 2. The van der Waals surface area contributed by atoms with Gasteiger partial charge in [-0.2, -0.15) is 5.10 Å². The first-order valence-corrected chi connectivity index (χ1v) is 6.61. The largest absolute Gasteiger partial charge is 0.495 e. The Labute approximate surface area is 122 Å². The van der Waals surface area contributed by atoms with Crippen molar-refractivity contribution in [1.29, 1.82) is 0 Å². The number of aliphatic hydroxyl groups is 1. The van der Waals surface area contributed by atoms with E-state index in [2.05, 4.69) is 5.10 Å². The van der Waals surface area contributed by atoms with Crippen LogP contribution in [0.1, 0.15) is 24.3 Å². The quantitative estimate of drug-likeness (QED) is 0.921. The van der Waals surface area contributed by atoms with E-state index in [1.807, 2.05) is 6.92 Å². The van der Waals surface area contributed by atoms with Gasteiger partial charge in [-0.05, 0) is 24.6 Å². The van der Waals surface area contributed by atoms with Crippen LogP contribution in [0.2, 0.25) is 5.02 Å². The van der Waals surface area contributed by atoms with Gasteiger partial charge >= 0.3 is 0 Å². The maximum atomic E-state index is 10.6. The van der Waals surface area contributed by atoms with Gasteiger partial charge in [-0.3, -0.25) is 4.68 Å². The summed E-state index contributed by atoms with van der Waals surface area (Å²) in [6.45, 7) is 2.59. The molecule has 0 aliphatic heterocycles. The zero-order valence-corrected chi connectivity index (χ0v) is 12.4. The number of aliphatic hydroxyl groups excluding tert-OH is 1. The second-order valence-corrected chi connectivity index (χ2v) is 4.62. The molecule has 0 bridgehead atoms. The van der Waals surface area contributed by atoms with Gasteiger partial charge in [0.15, 0.2) is 5.75 Å². The van der Waals surface area contributed by atoms with Gasteiger partial charge in [-0.25, -0.2) is 0 Å². The minimum Gasteiger partial charge on any atom is -0.495 e. The lowest BCUT2D eigenvalue weighted by Crippen LogP contribution is -2.10. The molecule has 0 radical (unpaired) electrons. The molecule has 0 spiro atoms. The van der Waals surface area contributed by atoms with Crippen molar-refractivity contribution in [3.05, 3.63) is 40.7 Å². The Hall–Kier alpha value is -1.72. The normalized spacial score (nSPS) is 12.2. The van der Waals surface area contributed by atoms with Crippen molar-refractivity contribution in [3.8, 4) is 11.5 Å². The van der Waals surface area contributed by atoms with E-state index >= 15 is 0 Å². The number of aromatic nitrogens is 2. The lowest BCUT2D eigenvalue weighted by molar-refractivity contribution is 0.202. The standard InChI is InChI=1S/C14H17ClN2O3/c1-4-17-13(12(20-3)8-16-17)14(18)9-5-6-11(19-2)10(15)7-9/h5-8,14,18H,4H2,1-3H3. The third kappa shape index (κ3) is 2.59. The Morgan fingerprint density at radius 1 is 1.30 bits per heavy atom. The minimum atomic E-state index is -0.865. The molecule has 0 aliphatic rings. The number of hydrogen-bond donors (Lipinski definition) is 1. The topological polar surface area (TPSA) is 56.5 Å². The first-order valence-electron chi connectivity index (χ1n) is 6.23. The summed E-state index contributed by atoms with van der Waals surface area (Å²) in [7, 11) is 3.10. The van der Waals surface area contributed by atoms with Crippen LogP contribution in [0, 0.1) is 0 Å². The first kappa shape index (κ1) is 14.7. The Morgan fingerprint density at radius 2 is 2.00 bits per heavy atom. The molecule has 6 heteroatoms. The maximum Gasteiger partial charge on any atom is 0.163 e. The third-order valence-corrected chi connectivity index (χ3v) is 3.41. The summed E-state index contributed by atoms with van der Waals surface area (Å²) in [4.78, 5) is 0. The van der Waals surface area contributed by atoms with Crippen LogP contribution in [-0.2, 0) is 6.54 Å². The zero-order valence-electron chi connectivity index (χ0n) is 11.6. The minimum absolute atomic E-state index is 0.450. The molecule has 0 amide bonds. The van der Waals surface area contributed by atoms with E-state index in [0.717, 1.165) is 0 Å². The highest BCUT2D eigenvalue weighted by molar-refractivity contribution is 6.32. The predicted octanol–water partition coefficient (Wildman–Crippen LogP) is 2.66. The van der Waals surface area contributed by atoms with E-state index in [-0.39, 0.29) is 0 Å². The van der Waals surface area contributed by atoms with Crippen LogP contribution >= 0.6 is 11.6 Å². The summed E-state index contributed by atoms with van der Waals surface area (Å²) in [5.74, 6) is 1.12. The summed E-state index contributed by atoms with van der Waals surface area (Å²) >= 11 is 6.09. The maximum absolute atomic E-state index is 10.6.